The highest BCUT2D eigenvalue weighted by Gasteiger charge is 2.47. The Morgan fingerprint density at radius 2 is 2.00 bits per heavy atom. The second kappa shape index (κ2) is 6.59. The fraction of sp³-hybridized carbons (Fsp3) is 0.526. The minimum atomic E-state index is -0.517. The second-order valence-corrected chi connectivity index (χ2v) is 6.90. The van der Waals surface area contributed by atoms with Crippen molar-refractivity contribution in [2.75, 3.05) is 19.8 Å². The molecule has 0 N–H and O–H groups in total. The average molecular weight is 341 g/mol. The molecule has 6 nitrogen and oxygen atoms in total. The maximum atomic E-state index is 13.7. The number of ether oxygens (including phenoxy) is 1. The van der Waals surface area contributed by atoms with E-state index in [1.54, 1.807) is 6.92 Å². The van der Waals surface area contributed by atoms with Crippen molar-refractivity contribution in [2.45, 2.75) is 44.1 Å². The molecule has 6 heteroatoms. The molecule has 2 aliphatic rings. The Morgan fingerprint density at radius 1 is 1.24 bits per heavy atom. The van der Waals surface area contributed by atoms with Crippen LogP contribution in [0.2, 0.25) is 0 Å². The van der Waals surface area contributed by atoms with E-state index in [1.807, 2.05) is 23.1 Å². The highest BCUT2D eigenvalue weighted by atomic mass is 16.5. The van der Waals surface area contributed by atoms with E-state index in [1.165, 1.54) is 0 Å². The molecule has 2 fully saturated rings. The highest BCUT2D eigenvalue weighted by molar-refractivity contribution is 5.89. The molecule has 0 aliphatic carbocycles. The van der Waals surface area contributed by atoms with Crippen LogP contribution in [0.4, 0.5) is 0 Å². The van der Waals surface area contributed by atoms with E-state index in [4.69, 9.17) is 9.26 Å². The van der Waals surface area contributed by atoms with Gasteiger partial charge in [0.2, 0.25) is 11.8 Å². The Morgan fingerprint density at radius 3 is 2.68 bits per heavy atom. The van der Waals surface area contributed by atoms with Crippen LogP contribution in [-0.2, 0) is 14.9 Å². The first kappa shape index (κ1) is 16.3. The lowest BCUT2D eigenvalue weighted by Crippen LogP contribution is -2.49. The number of amides is 1. The minimum absolute atomic E-state index is 0.114. The van der Waals surface area contributed by atoms with Crippen LogP contribution in [0.15, 0.2) is 34.9 Å². The number of rotatable bonds is 3. The first-order valence-electron chi connectivity index (χ1n) is 8.95. The van der Waals surface area contributed by atoms with Gasteiger partial charge in [0, 0.05) is 19.8 Å². The Hall–Kier alpha value is -2.21. The molecule has 1 unspecified atom stereocenters. The van der Waals surface area contributed by atoms with Gasteiger partial charge in [-0.05, 0) is 38.2 Å². The molecular weight excluding hydrogens is 318 g/mol. The molecule has 2 aromatic rings. The minimum Gasteiger partial charge on any atom is -0.381 e. The Bertz CT molecular complexity index is 737. The van der Waals surface area contributed by atoms with Gasteiger partial charge in [-0.3, -0.25) is 4.79 Å². The van der Waals surface area contributed by atoms with Crippen LogP contribution >= 0.6 is 0 Å². The molecule has 3 heterocycles. The molecule has 2 aliphatic heterocycles. The number of aromatic nitrogens is 2. The van der Waals surface area contributed by atoms with Crippen molar-refractivity contribution in [1.29, 1.82) is 0 Å². The third-order valence-electron chi connectivity index (χ3n) is 5.42. The van der Waals surface area contributed by atoms with Crippen LogP contribution in [0.5, 0.6) is 0 Å². The zero-order chi connectivity index (χ0) is 17.3. The smallest absolute Gasteiger partial charge is 0.249 e. The lowest BCUT2D eigenvalue weighted by molar-refractivity contribution is -0.142. The fourth-order valence-electron chi connectivity index (χ4n) is 4.09. The maximum Gasteiger partial charge on any atom is 0.249 e. The van der Waals surface area contributed by atoms with Gasteiger partial charge in [0.25, 0.3) is 0 Å². The SMILES string of the molecule is Cc1noc(C2CCCN2C(=O)C2(c3ccccc3)CCOCC2)n1. The van der Waals surface area contributed by atoms with Crippen molar-refractivity contribution in [3.8, 4) is 0 Å². The maximum absolute atomic E-state index is 13.7. The predicted octanol–water partition coefficient (Wildman–Crippen LogP) is 2.79. The number of hydrogen-bond acceptors (Lipinski definition) is 5. The van der Waals surface area contributed by atoms with Crippen LogP contribution in [0.3, 0.4) is 0 Å². The summed E-state index contributed by atoms with van der Waals surface area (Å²) in [5.74, 6) is 1.33. The number of nitrogens with zero attached hydrogens (tertiary/aromatic N) is 3. The van der Waals surface area contributed by atoms with Gasteiger partial charge in [-0.1, -0.05) is 35.5 Å². The van der Waals surface area contributed by atoms with Crippen molar-refractivity contribution in [3.63, 3.8) is 0 Å². The van der Waals surface area contributed by atoms with Crippen LogP contribution < -0.4 is 0 Å². The third kappa shape index (κ3) is 2.84. The van der Waals surface area contributed by atoms with Gasteiger partial charge < -0.3 is 14.2 Å². The van der Waals surface area contributed by atoms with Gasteiger partial charge in [0.1, 0.15) is 6.04 Å². The van der Waals surface area contributed by atoms with Gasteiger partial charge in [-0.25, -0.2) is 0 Å². The lowest BCUT2D eigenvalue weighted by atomic mass is 9.73. The van der Waals surface area contributed by atoms with E-state index in [2.05, 4.69) is 22.3 Å². The van der Waals surface area contributed by atoms with Crippen molar-refractivity contribution in [3.05, 3.63) is 47.6 Å². The number of aryl methyl sites for hydroxylation is 1. The normalized spacial score (nSPS) is 22.9. The Kier molecular flexibility index (Phi) is 4.29. The summed E-state index contributed by atoms with van der Waals surface area (Å²) >= 11 is 0. The van der Waals surface area contributed by atoms with Gasteiger partial charge >= 0.3 is 0 Å². The van der Waals surface area contributed by atoms with Crippen LogP contribution in [0.1, 0.15) is 49.0 Å². The lowest BCUT2D eigenvalue weighted by Gasteiger charge is -2.40. The number of benzene rings is 1. The van der Waals surface area contributed by atoms with Gasteiger partial charge in [0.05, 0.1) is 5.41 Å². The molecule has 0 saturated carbocycles. The highest BCUT2D eigenvalue weighted by Crippen LogP contribution is 2.41. The number of hydrogen-bond donors (Lipinski definition) is 0. The number of carbonyl (C=O) groups excluding carboxylic acids is 1. The van der Waals surface area contributed by atoms with Crippen LogP contribution in [0.25, 0.3) is 0 Å². The van der Waals surface area contributed by atoms with E-state index < -0.39 is 5.41 Å². The summed E-state index contributed by atoms with van der Waals surface area (Å²) in [6.07, 6.45) is 3.25. The quantitative estimate of drug-likeness (QED) is 0.859. The summed E-state index contributed by atoms with van der Waals surface area (Å²) in [4.78, 5) is 20.0. The Balaban J connectivity index is 1.68. The molecule has 25 heavy (non-hydrogen) atoms. The van der Waals surface area contributed by atoms with Crippen LogP contribution in [0, 0.1) is 6.92 Å². The van der Waals surface area contributed by atoms with Gasteiger partial charge in [-0.2, -0.15) is 4.98 Å². The van der Waals surface area contributed by atoms with E-state index in [-0.39, 0.29) is 11.9 Å². The summed E-state index contributed by atoms with van der Waals surface area (Å²) in [7, 11) is 0. The van der Waals surface area contributed by atoms with Gasteiger partial charge in [-0.15, -0.1) is 0 Å². The zero-order valence-electron chi connectivity index (χ0n) is 14.5. The molecule has 4 rings (SSSR count). The summed E-state index contributed by atoms with van der Waals surface area (Å²) in [6.45, 7) is 3.76. The molecule has 1 atom stereocenters. The number of likely N-dealkylation sites (tertiary alicyclic amines) is 1. The molecule has 2 saturated heterocycles. The van der Waals surface area contributed by atoms with Crippen molar-refractivity contribution >= 4 is 5.91 Å². The van der Waals surface area contributed by atoms with Crippen molar-refractivity contribution in [1.82, 2.24) is 15.0 Å². The van der Waals surface area contributed by atoms with E-state index in [0.717, 1.165) is 24.9 Å². The molecule has 1 aromatic carbocycles. The first-order valence-corrected chi connectivity index (χ1v) is 8.95. The molecule has 1 amide bonds. The van der Waals surface area contributed by atoms with E-state index >= 15 is 0 Å². The molecule has 0 radical (unpaired) electrons. The van der Waals surface area contributed by atoms with Gasteiger partial charge in [0.15, 0.2) is 5.82 Å². The monoisotopic (exact) mass is 341 g/mol. The largest absolute Gasteiger partial charge is 0.381 e. The standard InChI is InChI=1S/C19H23N3O3/c1-14-20-17(25-21-14)16-8-5-11-22(16)18(23)19(9-12-24-13-10-19)15-6-3-2-4-7-15/h2-4,6-7,16H,5,8-13H2,1H3. The third-order valence-corrected chi connectivity index (χ3v) is 5.42. The summed E-state index contributed by atoms with van der Waals surface area (Å²) in [6, 6.07) is 10.00. The Labute approximate surface area is 147 Å². The van der Waals surface area contributed by atoms with Crippen LogP contribution in [-0.4, -0.2) is 40.7 Å². The van der Waals surface area contributed by atoms with Crippen molar-refractivity contribution in [2.24, 2.45) is 0 Å². The van der Waals surface area contributed by atoms with E-state index in [9.17, 15) is 4.79 Å². The average Bonchev–Trinajstić information content (AvgIpc) is 3.31. The topological polar surface area (TPSA) is 68.5 Å². The molecular formula is C19H23N3O3. The second-order valence-electron chi connectivity index (χ2n) is 6.90. The fourth-order valence-corrected chi connectivity index (χ4v) is 4.09. The molecule has 132 valence electrons. The zero-order valence-corrected chi connectivity index (χ0v) is 14.5. The number of carbonyl (C=O) groups is 1. The van der Waals surface area contributed by atoms with E-state index in [0.29, 0.717) is 37.8 Å². The molecule has 1 aromatic heterocycles. The van der Waals surface area contributed by atoms with Crippen molar-refractivity contribution < 1.29 is 14.1 Å². The molecule has 0 spiro atoms. The molecule has 0 bridgehead atoms. The first-order chi connectivity index (χ1) is 12.2. The summed E-state index contributed by atoms with van der Waals surface area (Å²) in [5.41, 5.74) is 0.563. The summed E-state index contributed by atoms with van der Waals surface area (Å²) in [5, 5.41) is 3.90. The predicted molar refractivity (Wildman–Crippen MR) is 90.9 cm³/mol. The summed E-state index contributed by atoms with van der Waals surface area (Å²) < 4.78 is 10.9.